The Morgan fingerprint density at radius 1 is 0.543 bits per heavy atom. The number of hydrogen-bond acceptors (Lipinski definition) is 3. The van der Waals surface area contributed by atoms with Crippen molar-refractivity contribution in [1.82, 2.24) is 0 Å². The van der Waals surface area contributed by atoms with Crippen LogP contribution in [-0.4, -0.2) is 13.1 Å². The van der Waals surface area contributed by atoms with Crippen LogP contribution < -0.4 is 9.47 Å². The third-order valence-electron chi connectivity index (χ3n) is 6.70. The summed E-state index contributed by atoms with van der Waals surface area (Å²) < 4.78 is 2.21. The van der Waals surface area contributed by atoms with Crippen molar-refractivity contribution in [3.63, 3.8) is 0 Å². The highest BCUT2D eigenvalue weighted by Gasteiger charge is 2.07. The van der Waals surface area contributed by atoms with Gasteiger partial charge in [-0.15, -0.1) is 0 Å². The minimum absolute atomic E-state index is 0.898. The summed E-state index contributed by atoms with van der Waals surface area (Å²) in [6.45, 7) is 10.2. The molecule has 0 radical (unpaired) electrons. The van der Waals surface area contributed by atoms with Gasteiger partial charge in [-0.3, -0.25) is 0 Å². The minimum Gasteiger partial charge on any atom is -0.372 e. The average molecular weight is 480 g/mol. The average Bonchev–Trinajstić information content (AvgIpc) is 2.90. The van der Waals surface area contributed by atoms with E-state index in [4.69, 9.17) is 0 Å². The highest BCUT2D eigenvalue weighted by atomic mass is 15.1. The molecule has 0 N–H and O–H groups in total. The molecule has 1 aromatic heterocycles. The Hall–Kier alpha value is -2.23. The van der Waals surface area contributed by atoms with Crippen LogP contribution in [0.3, 0.4) is 0 Å². The topological polar surface area (TPSA) is 31.8 Å². The molecule has 2 rings (SSSR count). The molecule has 4 heteroatoms. The summed E-state index contributed by atoms with van der Waals surface area (Å²) in [4.78, 5) is 2.59. The predicted octanol–water partition coefficient (Wildman–Crippen LogP) is 9.72. The van der Waals surface area contributed by atoms with Gasteiger partial charge in [-0.2, -0.15) is 10.2 Å². The second kappa shape index (κ2) is 19.0. The molecule has 0 atom stereocenters. The van der Waals surface area contributed by atoms with E-state index in [1.54, 1.807) is 0 Å². The zero-order chi connectivity index (χ0) is 25.0. The zero-order valence-corrected chi connectivity index (χ0v) is 22.9. The minimum atomic E-state index is 0.898. The molecule has 4 nitrogen and oxygen atoms in total. The second-order valence-corrected chi connectivity index (χ2v) is 9.89. The van der Waals surface area contributed by atoms with Crippen molar-refractivity contribution in [2.75, 3.05) is 18.0 Å². The van der Waals surface area contributed by atoms with Crippen molar-refractivity contribution in [2.45, 2.75) is 117 Å². The summed E-state index contributed by atoms with van der Waals surface area (Å²) in [5.41, 5.74) is 3.13. The number of unbranched alkanes of at least 4 members (excludes halogenated alkanes) is 11. The Labute approximate surface area is 215 Å². The molecule has 35 heavy (non-hydrogen) atoms. The van der Waals surface area contributed by atoms with E-state index in [9.17, 15) is 0 Å². The predicted molar refractivity (Wildman–Crippen MR) is 151 cm³/mol. The van der Waals surface area contributed by atoms with Crippen molar-refractivity contribution in [3.05, 3.63) is 48.8 Å². The van der Waals surface area contributed by atoms with Crippen LogP contribution in [0.4, 0.5) is 17.1 Å². The van der Waals surface area contributed by atoms with Crippen molar-refractivity contribution in [3.8, 4) is 0 Å². The first-order valence-electron chi connectivity index (χ1n) is 14.5. The first-order chi connectivity index (χ1) is 17.3. The summed E-state index contributed by atoms with van der Waals surface area (Å²) in [5.74, 6) is 0. The largest absolute Gasteiger partial charge is 0.372 e. The highest BCUT2D eigenvalue weighted by Crippen LogP contribution is 2.23. The lowest BCUT2D eigenvalue weighted by Crippen LogP contribution is -2.31. The van der Waals surface area contributed by atoms with Gasteiger partial charge in [0, 0.05) is 37.3 Å². The van der Waals surface area contributed by atoms with Gasteiger partial charge in [-0.1, -0.05) is 91.4 Å². The van der Waals surface area contributed by atoms with Crippen LogP contribution in [0, 0.1) is 0 Å². The van der Waals surface area contributed by atoms with Gasteiger partial charge in [0.05, 0.1) is 11.4 Å². The van der Waals surface area contributed by atoms with Crippen LogP contribution in [0.15, 0.2) is 59.0 Å². The molecule has 0 aliphatic carbocycles. The number of rotatable bonds is 20. The Morgan fingerprint density at radius 3 is 1.51 bits per heavy atom. The Balaban J connectivity index is 1.89. The summed E-state index contributed by atoms with van der Waals surface area (Å²) in [5, 5.41) is 8.91. The highest BCUT2D eigenvalue weighted by molar-refractivity contribution is 5.52. The van der Waals surface area contributed by atoms with E-state index in [1.165, 1.54) is 95.6 Å². The van der Waals surface area contributed by atoms with E-state index in [1.807, 2.05) is 12.1 Å². The van der Waals surface area contributed by atoms with Gasteiger partial charge in [0.2, 0.25) is 0 Å². The van der Waals surface area contributed by atoms with E-state index in [0.29, 0.717) is 0 Å². The number of nitrogens with zero attached hydrogens (tertiary/aromatic N) is 4. The molecule has 0 amide bonds. The van der Waals surface area contributed by atoms with Crippen LogP contribution in [0.25, 0.3) is 0 Å². The Bertz CT molecular complexity index is 767. The molecule has 0 aliphatic heterocycles. The van der Waals surface area contributed by atoms with Gasteiger partial charge in [-0.25, -0.2) is 4.57 Å². The summed E-state index contributed by atoms with van der Waals surface area (Å²) in [7, 11) is 0. The Kier molecular flexibility index (Phi) is 15.8. The van der Waals surface area contributed by atoms with Gasteiger partial charge in [-0.05, 0) is 37.1 Å². The van der Waals surface area contributed by atoms with Crippen LogP contribution in [-0.2, 0) is 6.54 Å². The fourth-order valence-corrected chi connectivity index (χ4v) is 4.39. The van der Waals surface area contributed by atoms with Crippen molar-refractivity contribution < 1.29 is 4.57 Å². The molecule has 194 valence electrons. The number of hydrogen-bond donors (Lipinski definition) is 0. The fourth-order valence-electron chi connectivity index (χ4n) is 4.39. The van der Waals surface area contributed by atoms with E-state index < -0.39 is 0 Å². The second-order valence-electron chi connectivity index (χ2n) is 9.89. The molecule has 1 heterocycles. The summed E-state index contributed by atoms with van der Waals surface area (Å²) in [6, 6.07) is 12.8. The van der Waals surface area contributed by atoms with Gasteiger partial charge in [0.25, 0.3) is 0 Å². The van der Waals surface area contributed by atoms with E-state index >= 15 is 0 Å². The lowest BCUT2D eigenvalue weighted by atomic mass is 10.1. The fraction of sp³-hybridized carbons (Fsp3) is 0.645. The number of azo groups is 1. The number of anilines is 1. The molecule has 0 spiro atoms. The molecule has 0 saturated carbocycles. The molecule has 0 bridgehead atoms. The van der Waals surface area contributed by atoms with E-state index in [-0.39, 0.29) is 0 Å². The summed E-state index contributed by atoms with van der Waals surface area (Å²) in [6.07, 6.45) is 22.7. The molecular formula is C31H51N4+. The SMILES string of the molecule is CCCCCCCCN(CCCCCCCC)c1ccc(/N=N/c2cc[n+](CCCC)cc2)cc1. The molecule has 0 fully saturated rings. The lowest BCUT2D eigenvalue weighted by Gasteiger charge is -2.25. The van der Waals surface area contributed by atoms with Crippen molar-refractivity contribution in [2.24, 2.45) is 10.2 Å². The number of aromatic nitrogens is 1. The van der Waals surface area contributed by atoms with Gasteiger partial charge in [0.1, 0.15) is 6.54 Å². The third-order valence-corrected chi connectivity index (χ3v) is 6.70. The van der Waals surface area contributed by atoms with Gasteiger partial charge < -0.3 is 4.90 Å². The maximum absolute atomic E-state index is 4.47. The van der Waals surface area contributed by atoms with Crippen molar-refractivity contribution in [1.29, 1.82) is 0 Å². The van der Waals surface area contributed by atoms with Crippen LogP contribution >= 0.6 is 0 Å². The monoisotopic (exact) mass is 479 g/mol. The number of benzene rings is 1. The van der Waals surface area contributed by atoms with Gasteiger partial charge in [0.15, 0.2) is 12.4 Å². The maximum atomic E-state index is 4.47. The maximum Gasteiger partial charge on any atom is 0.171 e. The van der Waals surface area contributed by atoms with E-state index in [2.05, 4.69) is 77.1 Å². The molecular weight excluding hydrogens is 428 g/mol. The standard InChI is InChI=1S/C31H51N4/c1-4-7-10-12-14-16-25-35(26-17-15-13-11-8-5-2)31-20-18-29(19-21-31)32-33-30-22-27-34(28-23-30)24-9-6-3/h18-23,27-28H,4-17,24-26H2,1-3H3/q+1. The smallest absolute Gasteiger partial charge is 0.171 e. The number of aryl methyl sites for hydroxylation is 1. The van der Waals surface area contributed by atoms with Crippen LogP contribution in [0.1, 0.15) is 111 Å². The van der Waals surface area contributed by atoms with Crippen LogP contribution in [0.2, 0.25) is 0 Å². The van der Waals surface area contributed by atoms with E-state index in [0.717, 1.165) is 31.0 Å². The molecule has 1 aromatic carbocycles. The van der Waals surface area contributed by atoms with Crippen LogP contribution in [0.5, 0.6) is 0 Å². The normalized spacial score (nSPS) is 11.4. The summed E-state index contributed by atoms with van der Waals surface area (Å²) >= 11 is 0. The Morgan fingerprint density at radius 2 is 1.00 bits per heavy atom. The first kappa shape index (κ1) is 29.0. The third kappa shape index (κ3) is 12.9. The zero-order valence-electron chi connectivity index (χ0n) is 22.9. The quantitative estimate of drug-likeness (QED) is 0.106. The number of pyridine rings is 1. The lowest BCUT2D eigenvalue weighted by molar-refractivity contribution is -0.697. The first-order valence-corrected chi connectivity index (χ1v) is 14.5. The molecule has 2 aromatic rings. The van der Waals surface area contributed by atoms with Gasteiger partial charge >= 0.3 is 0 Å². The van der Waals surface area contributed by atoms with Crippen molar-refractivity contribution >= 4 is 17.1 Å². The molecule has 0 unspecified atom stereocenters. The molecule has 0 aliphatic rings. The molecule has 0 saturated heterocycles.